The van der Waals surface area contributed by atoms with E-state index in [1.165, 1.54) is 0 Å². The summed E-state index contributed by atoms with van der Waals surface area (Å²) in [5.41, 5.74) is 2.43. The van der Waals surface area contributed by atoms with Crippen LogP contribution in [-0.4, -0.2) is 40.3 Å². The summed E-state index contributed by atoms with van der Waals surface area (Å²) in [6.45, 7) is 5.81. The van der Waals surface area contributed by atoms with E-state index < -0.39 is 17.6 Å². The van der Waals surface area contributed by atoms with Gasteiger partial charge in [0.25, 0.3) is 5.91 Å². The molecule has 1 aliphatic heterocycles. The quantitative estimate of drug-likeness (QED) is 0.445. The van der Waals surface area contributed by atoms with Crippen LogP contribution in [0.4, 0.5) is 5.69 Å². The summed E-state index contributed by atoms with van der Waals surface area (Å²) in [6, 6.07) is 23.6. The highest BCUT2D eigenvalue weighted by atomic mass is 16.5. The first-order chi connectivity index (χ1) is 17.3. The predicted molar refractivity (Wildman–Crippen MR) is 140 cm³/mol. The van der Waals surface area contributed by atoms with E-state index in [9.17, 15) is 9.59 Å². The van der Waals surface area contributed by atoms with Crippen molar-refractivity contribution in [2.75, 3.05) is 12.0 Å². The summed E-state index contributed by atoms with van der Waals surface area (Å²) >= 11 is 0. The number of methoxy groups -OCH3 is 1. The van der Waals surface area contributed by atoms with Gasteiger partial charge >= 0.3 is 0 Å². The SMILES string of the molecule is COc1ccc(N2C(=O)c3c4ccccc4nn3C(Cc3ccccc3)C2C(=O)NC(C)(C)C)cc1. The number of fused-ring (bicyclic) bond motifs is 3. The molecule has 2 unspecified atom stereocenters. The molecule has 2 atom stereocenters. The van der Waals surface area contributed by atoms with Crippen LogP contribution < -0.4 is 15.0 Å². The second-order valence-electron chi connectivity index (χ2n) is 10.1. The first-order valence-electron chi connectivity index (χ1n) is 12.1. The summed E-state index contributed by atoms with van der Waals surface area (Å²) in [7, 11) is 1.60. The van der Waals surface area contributed by atoms with Crippen LogP contribution in [0, 0.1) is 0 Å². The van der Waals surface area contributed by atoms with E-state index in [4.69, 9.17) is 9.84 Å². The van der Waals surface area contributed by atoms with Crippen molar-refractivity contribution in [1.29, 1.82) is 0 Å². The van der Waals surface area contributed by atoms with E-state index in [2.05, 4.69) is 5.32 Å². The zero-order chi connectivity index (χ0) is 25.4. The standard InChI is InChI=1S/C29H30N4O3/c1-29(2,3)30-27(34)26-24(18-19-10-6-5-7-11-19)33-25(22-12-8-9-13-23(22)31-33)28(35)32(26)20-14-16-21(36-4)17-15-20/h5-17,24,26H,18H2,1-4H3,(H,30,34). The molecule has 0 fully saturated rings. The minimum atomic E-state index is -0.813. The van der Waals surface area contributed by atoms with E-state index in [1.807, 2.05) is 87.5 Å². The lowest BCUT2D eigenvalue weighted by Gasteiger charge is -2.41. The molecule has 7 heteroatoms. The van der Waals surface area contributed by atoms with E-state index in [0.29, 0.717) is 23.6 Å². The molecule has 0 aliphatic carbocycles. The number of carbonyl (C=O) groups is 2. The number of nitrogens with one attached hydrogen (secondary N) is 1. The molecule has 2 amide bonds. The zero-order valence-electron chi connectivity index (χ0n) is 20.9. The lowest BCUT2D eigenvalue weighted by molar-refractivity contribution is -0.125. The van der Waals surface area contributed by atoms with Crippen molar-refractivity contribution in [3.63, 3.8) is 0 Å². The number of ether oxygens (including phenoxy) is 1. The number of aromatic nitrogens is 2. The Morgan fingerprint density at radius 3 is 2.31 bits per heavy atom. The minimum Gasteiger partial charge on any atom is -0.497 e. The molecule has 0 saturated carbocycles. The number of benzene rings is 3. The summed E-state index contributed by atoms with van der Waals surface area (Å²) < 4.78 is 7.10. The smallest absolute Gasteiger partial charge is 0.278 e. The fourth-order valence-corrected chi connectivity index (χ4v) is 4.86. The second kappa shape index (κ2) is 9.15. The van der Waals surface area contributed by atoms with Crippen molar-refractivity contribution in [3.8, 4) is 5.75 Å². The average molecular weight is 483 g/mol. The van der Waals surface area contributed by atoms with Crippen molar-refractivity contribution in [3.05, 3.63) is 90.1 Å². The van der Waals surface area contributed by atoms with Gasteiger partial charge in [-0.25, -0.2) is 0 Å². The molecule has 0 bridgehead atoms. The molecule has 184 valence electrons. The number of carbonyl (C=O) groups excluding carboxylic acids is 2. The van der Waals surface area contributed by atoms with Crippen molar-refractivity contribution in [2.24, 2.45) is 0 Å². The fourth-order valence-electron chi connectivity index (χ4n) is 4.86. The zero-order valence-corrected chi connectivity index (χ0v) is 20.9. The lowest BCUT2D eigenvalue weighted by atomic mass is 9.92. The van der Waals surface area contributed by atoms with Gasteiger partial charge in [-0.2, -0.15) is 5.10 Å². The van der Waals surface area contributed by atoms with Crippen LogP contribution in [-0.2, 0) is 11.2 Å². The van der Waals surface area contributed by atoms with Crippen LogP contribution in [0.3, 0.4) is 0 Å². The molecule has 3 aromatic carbocycles. The van der Waals surface area contributed by atoms with E-state index >= 15 is 0 Å². The van der Waals surface area contributed by atoms with E-state index in [0.717, 1.165) is 16.5 Å². The number of anilines is 1. The average Bonchev–Trinajstić information content (AvgIpc) is 3.25. The molecular formula is C29H30N4O3. The molecule has 0 saturated heterocycles. The fraction of sp³-hybridized carbons (Fsp3) is 0.276. The third-order valence-electron chi connectivity index (χ3n) is 6.39. The number of rotatable bonds is 5. The third kappa shape index (κ3) is 4.33. The third-order valence-corrected chi connectivity index (χ3v) is 6.39. The van der Waals surface area contributed by atoms with Gasteiger partial charge in [-0.3, -0.25) is 19.2 Å². The van der Waals surface area contributed by atoms with Gasteiger partial charge in [0.15, 0.2) is 0 Å². The second-order valence-corrected chi connectivity index (χ2v) is 10.1. The Hall–Kier alpha value is -4.13. The molecule has 1 aliphatic rings. The van der Waals surface area contributed by atoms with Crippen LogP contribution in [0.1, 0.15) is 42.9 Å². The highest BCUT2D eigenvalue weighted by Crippen LogP contribution is 2.37. The van der Waals surface area contributed by atoms with Gasteiger partial charge < -0.3 is 10.1 Å². The summed E-state index contributed by atoms with van der Waals surface area (Å²) in [6.07, 6.45) is 0.532. The normalized spacial score (nSPS) is 17.7. The monoisotopic (exact) mass is 482 g/mol. The van der Waals surface area contributed by atoms with Gasteiger partial charge in [-0.1, -0.05) is 48.5 Å². The van der Waals surface area contributed by atoms with Gasteiger partial charge in [0, 0.05) is 16.6 Å². The summed E-state index contributed by atoms with van der Waals surface area (Å²) in [5, 5.41) is 8.72. The van der Waals surface area contributed by atoms with Crippen molar-refractivity contribution in [1.82, 2.24) is 15.1 Å². The lowest BCUT2D eigenvalue weighted by Crippen LogP contribution is -2.60. The number of nitrogens with zero attached hydrogens (tertiary/aromatic N) is 3. The summed E-state index contributed by atoms with van der Waals surface area (Å²) in [5.74, 6) is 0.195. The molecule has 1 N–H and O–H groups in total. The number of hydrogen-bond acceptors (Lipinski definition) is 4. The van der Waals surface area contributed by atoms with Crippen molar-refractivity contribution < 1.29 is 14.3 Å². The highest BCUT2D eigenvalue weighted by Gasteiger charge is 2.47. The molecular weight excluding hydrogens is 452 g/mol. The molecule has 1 aromatic heterocycles. The van der Waals surface area contributed by atoms with E-state index in [1.54, 1.807) is 28.8 Å². The first-order valence-corrected chi connectivity index (χ1v) is 12.1. The van der Waals surface area contributed by atoms with Crippen LogP contribution in [0.5, 0.6) is 5.75 Å². The Balaban J connectivity index is 1.73. The Labute approximate surface area is 210 Å². The van der Waals surface area contributed by atoms with Gasteiger partial charge in [0.2, 0.25) is 5.91 Å². The Morgan fingerprint density at radius 1 is 0.972 bits per heavy atom. The maximum atomic E-state index is 14.2. The highest BCUT2D eigenvalue weighted by molar-refractivity contribution is 6.16. The topological polar surface area (TPSA) is 76.5 Å². The minimum absolute atomic E-state index is 0.224. The van der Waals surface area contributed by atoms with Gasteiger partial charge in [0.1, 0.15) is 17.5 Å². The Kier molecular flexibility index (Phi) is 6.00. The molecule has 5 rings (SSSR count). The maximum absolute atomic E-state index is 14.2. The summed E-state index contributed by atoms with van der Waals surface area (Å²) in [4.78, 5) is 29.7. The Bertz CT molecular complexity index is 1400. The van der Waals surface area contributed by atoms with Gasteiger partial charge in [-0.15, -0.1) is 0 Å². The molecule has 2 heterocycles. The molecule has 0 spiro atoms. The van der Waals surface area contributed by atoms with Crippen LogP contribution in [0.2, 0.25) is 0 Å². The molecule has 36 heavy (non-hydrogen) atoms. The van der Waals surface area contributed by atoms with Crippen molar-refractivity contribution >= 4 is 28.4 Å². The first kappa shape index (κ1) is 23.6. The van der Waals surface area contributed by atoms with Gasteiger partial charge in [0.05, 0.1) is 18.7 Å². The molecule has 4 aromatic rings. The number of hydrogen-bond donors (Lipinski definition) is 1. The molecule has 0 radical (unpaired) electrons. The van der Waals surface area contributed by atoms with Gasteiger partial charge in [-0.05, 0) is 63.1 Å². The maximum Gasteiger partial charge on any atom is 0.278 e. The number of amides is 2. The van der Waals surface area contributed by atoms with Crippen LogP contribution in [0.25, 0.3) is 10.9 Å². The Morgan fingerprint density at radius 2 is 1.64 bits per heavy atom. The predicted octanol–water partition coefficient (Wildman–Crippen LogP) is 4.77. The van der Waals surface area contributed by atoms with Crippen LogP contribution >= 0.6 is 0 Å². The largest absolute Gasteiger partial charge is 0.497 e. The molecule has 7 nitrogen and oxygen atoms in total. The van der Waals surface area contributed by atoms with Crippen molar-refractivity contribution in [2.45, 2.75) is 44.8 Å². The van der Waals surface area contributed by atoms with Crippen LogP contribution in [0.15, 0.2) is 78.9 Å². The van der Waals surface area contributed by atoms with E-state index in [-0.39, 0.29) is 11.8 Å².